The lowest BCUT2D eigenvalue weighted by Gasteiger charge is -2.20. The molecule has 8 nitrogen and oxygen atoms in total. The van der Waals surface area contributed by atoms with Gasteiger partial charge in [0.25, 0.3) is 0 Å². The molecule has 4 rings (SSSR count). The lowest BCUT2D eigenvalue weighted by molar-refractivity contribution is 0.0835. The Bertz CT molecular complexity index is 655. The van der Waals surface area contributed by atoms with E-state index in [4.69, 9.17) is 20.6 Å². The SMILES string of the molecule is Nc1ccnc(N2CCc3nc(C4CCOCC4)nn3CC2)n1. The molecule has 0 spiro atoms. The van der Waals surface area contributed by atoms with Crippen molar-refractivity contribution in [1.29, 1.82) is 0 Å². The summed E-state index contributed by atoms with van der Waals surface area (Å²) in [5, 5.41) is 4.74. The van der Waals surface area contributed by atoms with Crippen LogP contribution in [0.2, 0.25) is 0 Å². The summed E-state index contributed by atoms with van der Waals surface area (Å²) >= 11 is 0. The molecular formula is C15H21N7O. The van der Waals surface area contributed by atoms with Crippen molar-refractivity contribution in [3.63, 3.8) is 0 Å². The van der Waals surface area contributed by atoms with Gasteiger partial charge in [0.05, 0.1) is 6.54 Å². The number of nitrogen functional groups attached to an aromatic ring is 1. The molecule has 2 aliphatic rings. The molecule has 8 heteroatoms. The Balaban J connectivity index is 1.48. The Kier molecular flexibility index (Phi) is 3.82. The normalized spacial score (nSPS) is 19.4. The van der Waals surface area contributed by atoms with Crippen molar-refractivity contribution < 1.29 is 4.74 Å². The summed E-state index contributed by atoms with van der Waals surface area (Å²) in [5.41, 5.74) is 5.75. The fraction of sp³-hybridized carbons (Fsp3) is 0.600. The Morgan fingerprint density at radius 1 is 1.13 bits per heavy atom. The van der Waals surface area contributed by atoms with E-state index in [0.29, 0.717) is 17.7 Å². The van der Waals surface area contributed by atoms with Crippen molar-refractivity contribution in [2.24, 2.45) is 0 Å². The van der Waals surface area contributed by atoms with Crippen molar-refractivity contribution in [2.75, 3.05) is 36.9 Å². The van der Waals surface area contributed by atoms with Crippen LogP contribution < -0.4 is 10.6 Å². The zero-order valence-electron chi connectivity index (χ0n) is 13.1. The molecule has 0 atom stereocenters. The van der Waals surface area contributed by atoms with Gasteiger partial charge in [-0.05, 0) is 18.9 Å². The highest BCUT2D eigenvalue weighted by molar-refractivity contribution is 5.37. The summed E-state index contributed by atoms with van der Waals surface area (Å²) in [6, 6.07) is 1.70. The first-order valence-corrected chi connectivity index (χ1v) is 8.14. The minimum Gasteiger partial charge on any atom is -0.384 e. The maximum absolute atomic E-state index is 5.75. The molecule has 0 unspecified atom stereocenters. The van der Waals surface area contributed by atoms with Crippen LogP contribution in [0, 0.1) is 0 Å². The zero-order valence-corrected chi connectivity index (χ0v) is 13.1. The molecule has 0 radical (unpaired) electrons. The van der Waals surface area contributed by atoms with Crippen LogP contribution in [0.4, 0.5) is 11.8 Å². The Morgan fingerprint density at radius 3 is 2.83 bits per heavy atom. The molecular weight excluding hydrogens is 294 g/mol. The first-order valence-electron chi connectivity index (χ1n) is 8.14. The topological polar surface area (TPSA) is 95.0 Å². The van der Waals surface area contributed by atoms with E-state index in [1.165, 1.54) is 0 Å². The molecule has 2 N–H and O–H groups in total. The lowest BCUT2D eigenvalue weighted by Crippen LogP contribution is -2.28. The van der Waals surface area contributed by atoms with Gasteiger partial charge in [0, 0.05) is 44.8 Å². The predicted octanol–water partition coefficient (Wildman–Crippen LogP) is 0.607. The number of ether oxygens (including phenoxy) is 1. The van der Waals surface area contributed by atoms with Crippen LogP contribution in [0.15, 0.2) is 12.3 Å². The van der Waals surface area contributed by atoms with Gasteiger partial charge in [-0.25, -0.2) is 14.6 Å². The number of nitrogens with zero attached hydrogens (tertiary/aromatic N) is 6. The molecule has 1 fully saturated rings. The van der Waals surface area contributed by atoms with Crippen LogP contribution in [-0.2, 0) is 17.7 Å². The standard InChI is InChI=1S/C15H21N7O/c16-12-1-5-17-15(18-12)21-6-2-13-19-14(20-22(13)8-7-21)11-3-9-23-10-4-11/h1,5,11H,2-4,6-10H2,(H2,16,17,18). The van der Waals surface area contributed by atoms with E-state index in [-0.39, 0.29) is 0 Å². The van der Waals surface area contributed by atoms with Gasteiger partial charge in [-0.1, -0.05) is 0 Å². The second-order valence-electron chi connectivity index (χ2n) is 6.01. The average molecular weight is 315 g/mol. The highest BCUT2D eigenvalue weighted by atomic mass is 16.5. The molecule has 122 valence electrons. The van der Waals surface area contributed by atoms with Crippen molar-refractivity contribution in [3.05, 3.63) is 23.9 Å². The summed E-state index contributed by atoms with van der Waals surface area (Å²) in [6.07, 6.45) is 4.58. The molecule has 0 bridgehead atoms. The van der Waals surface area contributed by atoms with E-state index in [1.807, 2.05) is 4.68 Å². The van der Waals surface area contributed by atoms with E-state index in [0.717, 1.165) is 63.8 Å². The number of fused-ring (bicyclic) bond motifs is 1. The van der Waals surface area contributed by atoms with Crippen LogP contribution >= 0.6 is 0 Å². The third-order valence-corrected chi connectivity index (χ3v) is 4.49. The van der Waals surface area contributed by atoms with E-state index in [2.05, 4.69) is 14.9 Å². The van der Waals surface area contributed by atoms with Crippen molar-refractivity contribution in [1.82, 2.24) is 24.7 Å². The van der Waals surface area contributed by atoms with Gasteiger partial charge in [0.15, 0.2) is 5.82 Å². The van der Waals surface area contributed by atoms with Gasteiger partial charge < -0.3 is 15.4 Å². The van der Waals surface area contributed by atoms with Crippen molar-refractivity contribution in [2.45, 2.75) is 31.7 Å². The number of hydrogen-bond acceptors (Lipinski definition) is 7. The molecule has 0 aliphatic carbocycles. The smallest absolute Gasteiger partial charge is 0.227 e. The molecule has 1 saturated heterocycles. The number of aromatic nitrogens is 5. The van der Waals surface area contributed by atoms with Crippen LogP contribution in [0.5, 0.6) is 0 Å². The highest BCUT2D eigenvalue weighted by Gasteiger charge is 2.24. The zero-order chi connectivity index (χ0) is 15.6. The third-order valence-electron chi connectivity index (χ3n) is 4.49. The molecule has 2 aromatic heterocycles. The molecule has 0 saturated carbocycles. The van der Waals surface area contributed by atoms with Crippen LogP contribution in [0.3, 0.4) is 0 Å². The number of anilines is 2. The van der Waals surface area contributed by atoms with Gasteiger partial charge in [-0.2, -0.15) is 10.1 Å². The van der Waals surface area contributed by atoms with Crippen molar-refractivity contribution >= 4 is 11.8 Å². The Labute approximate surface area is 134 Å². The van der Waals surface area contributed by atoms with E-state index in [9.17, 15) is 0 Å². The van der Waals surface area contributed by atoms with E-state index < -0.39 is 0 Å². The van der Waals surface area contributed by atoms with Gasteiger partial charge in [0.1, 0.15) is 11.6 Å². The second kappa shape index (κ2) is 6.11. The van der Waals surface area contributed by atoms with Crippen LogP contribution in [0.1, 0.15) is 30.4 Å². The molecule has 23 heavy (non-hydrogen) atoms. The third kappa shape index (κ3) is 2.98. The van der Waals surface area contributed by atoms with Gasteiger partial charge in [-0.15, -0.1) is 0 Å². The summed E-state index contributed by atoms with van der Waals surface area (Å²) in [6.45, 7) is 4.07. The summed E-state index contributed by atoms with van der Waals surface area (Å²) in [7, 11) is 0. The van der Waals surface area contributed by atoms with E-state index in [1.54, 1.807) is 12.3 Å². The van der Waals surface area contributed by atoms with Crippen LogP contribution in [0.25, 0.3) is 0 Å². The minimum atomic E-state index is 0.441. The largest absolute Gasteiger partial charge is 0.384 e. The summed E-state index contributed by atoms with van der Waals surface area (Å²) < 4.78 is 7.46. The quantitative estimate of drug-likeness (QED) is 0.867. The number of rotatable bonds is 2. The first kappa shape index (κ1) is 14.4. The minimum absolute atomic E-state index is 0.441. The maximum Gasteiger partial charge on any atom is 0.227 e. The lowest BCUT2D eigenvalue weighted by atomic mass is 10.00. The number of nitrogens with two attached hydrogens (primary N) is 1. The van der Waals surface area contributed by atoms with E-state index >= 15 is 0 Å². The monoisotopic (exact) mass is 315 g/mol. The first-order chi connectivity index (χ1) is 11.3. The molecule has 0 aromatic carbocycles. The molecule has 0 amide bonds. The second-order valence-corrected chi connectivity index (χ2v) is 6.01. The molecule has 4 heterocycles. The van der Waals surface area contributed by atoms with Crippen molar-refractivity contribution in [3.8, 4) is 0 Å². The summed E-state index contributed by atoms with van der Waals surface area (Å²) in [4.78, 5) is 15.5. The average Bonchev–Trinajstić information content (AvgIpc) is 2.89. The fourth-order valence-electron chi connectivity index (χ4n) is 3.16. The summed E-state index contributed by atoms with van der Waals surface area (Å²) in [5.74, 6) is 3.66. The maximum atomic E-state index is 5.75. The Hall–Kier alpha value is -2.22. The fourth-order valence-corrected chi connectivity index (χ4v) is 3.16. The predicted molar refractivity (Wildman–Crippen MR) is 85.2 cm³/mol. The van der Waals surface area contributed by atoms with Gasteiger partial charge in [-0.3, -0.25) is 0 Å². The highest BCUT2D eigenvalue weighted by Crippen LogP contribution is 2.25. The Morgan fingerprint density at radius 2 is 2.00 bits per heavy atom. The van der Waals surface area contributed by atoms with Crippen LogP contribution in [-0.4, -0.2) is 51.0 Å². The van der Waals surface area contributed by atoms with Gasteiger partial charge in [0.2, 0.25) is 5.95 Å². The number of hydrogen-bond donors (Lipinski definition) is 1. The van der Waals surface area contributed by atoms with Gasteiger partial charge >= 0.3 is 0 Å². The molecule has 2 aliphatic heterocycles. The molecule has 2 aromatic rings.